The first-order valence-electron chi connectivity index (χ1n) is 11.5. The van der Waals surface area contributed by atoms with E-state index in [1.54, 1.807) is 0 Å². The number of hydrogen-bond donors (Lipinski definition) is 5. The van der Waals surface area contributed by atoms with Crippen LogP contribution in [0.1, 0.15) is 23.9 Å². The van der Waals surface area contributed by atoms with Gasteiger partial charge in [0.15, 0.2) is 12.1 Å². The van der Waals surface area contributed by atoms with Crippen LogP contribution in [0, 0.1) is 0 Å². The summed E-state index contributed by atoms with van der Waals surface area (Å²) in [4.78, 5) is 29.0. The van der Waals surface area contributed by atoms with E-state index in [2.05, 4.69) is 15.3 Å². The van der Waals surface area contributed by atoms with E-state index in [0.29, 0.717) is 11.3 Å². The van der Waals surface area contributed by atoms with Crippen molar-refractivity contribution in [2.75, 3.05) is 20.3 Å². The Morgan fingerprint density at radius 2 is 1.89 bits per heavy atom. The number of aromatic nitrogens is 5. The van der Waals surface area contributed by atoms with Crippen molar-refractivity contribution in [3.63, 3.8) is 0 Å². The van der Waals surface area contributed by atoms with Gasteiger partial charge in [-0.05, 0) is 0 Å². The van der Waals surface area contributed by atoms with E-state index >= 15 is 0 Å². The molecule has 5 N–H and O–H groups in total. The highest BCUT2D eigenvalue weighted by Crippen LogP contribution is 2.28. The number of aliphatic hydroxyl groups excluding tert-OH is 5. The van der Waals surface area contributed by atoms with Crippen LogP contribution in [0.15, 0.2) is 17.2 Å². The number of rotatable bonds is 11. The molecule has 0 amide bonds. The van der Waals surface area contributed by atoms with Gasteiger partial charge in [-0.25, -0.2) is 9.48 Å². The Morgan fingerprint density at radius 1 is 1.14 bits per heavy atom. The summed E-state index contributed by atoms with van der Waals surface area (Å²) in [6.07, 6.45) is -4.66. The van der Waals surface area contributed by atoms with Crippen molar-refractivity contribution in [1.29, 1.82) is 0 Å². The van der Waals surface area contributed by atoms with Gasteiger partial charge < -0.3 is 44.5 Å². The summed E-state index contributed by atoms with van der Waals surface area (Å²) in [5.74, 6) is -0.343. The minimum Gasteiger partial charge on any atom is -0.481 e. The molecule has 2 fully saturated rings. The molecule has 0 radical (unpaired) electrons. The molecule has 2 aliphatic rings. The van der Waals surface area contributed by atoms with Gasteiger partial charge >= 0.3 is 5.69 Å². The first kappa shape index (κ1) is 27.2. The molecule has 7 atom stereocenters. The average Bonchev–Trinajstić information content (AvgIpc) is 3.56. The minimum absolute atomic E-state index is 0.0296. The van der Waals surface area contributed by atoms with Crippen LogP contribution in [-0.2, 0) is 38.6 Å². The highest BCUT2D eigenvalue weighted by Gasteiger charge is 2.43. The molecule has 16 heteroatoms. The van der Waals surface area contributed by atoms with Crippen LogP contribution in [0.3, 0.4) is 0 Å². The van der Waals surface area contributed by atoms with Crippen LogP contribution in [-0.4, -0.2) is 113 Å². The number of nitrogens with zero attached hydrogens (tertiary/aromatic N) is 5. The zero-order valence-corrected chi connectivity index (χ0v) is 19.9. The average molecular weight is 527 g/mol. The Hall–Kier alpha value is -2.83. The number of ether oxygens (including phenoxy) is 4. The Kier molecular flexibility index (Phi) is 8.60. The largest absolute Gasteiger partial charge is 0.481 e. The van der Waals surface area contributed by atoms with Crippen LogP contribution < -0.4 is 10.4 Å². The molecule has 0 unspecified atom stereocenters. The van der Waals surface area contributed by atoms with Crippen molar-refractivity contribution in [3.05, 3.63) is 34.1 Å². The molecule has 2 aromatic heterocycles. The SMILES string of the molecule is COc1nc(=O)n([C@H]2C[C@H](O)[C@@H](CO)O2)cc1CC(=O)Cn1cc(CO[C@@H]2O[C@H](CO)[C@@H](O)[C@H]2O)nn1. The standard InChI is InChI=1S/C21H29N5O11/c1-34-19-10(4-26(21(33)22-19)16-3-13(30)14(7-27)36-16)2-12(29)6-25-5-11(23-24-25)9-35-20-18(32)17(31)15(8-28)37-20/h4-5,13-18,20,27-28,30-32H,2-3,6-9H2,1H3/t13-,14+,15+,16+,17+,18+,20+/m0/s1. The lowest BCUT2D eigenvalue weighted by Gasteiger charge is -2.16. The molecule has 0 aliphatic carbocycles. The lowest BCUT2D eigenvalue weighted by molar-refractivity contribution is -0.176. The zero-order valence-electron chi connectivity index (χ0n) is 19.9. The number of ketones is 1. The minimum atomic E-state index is -1.34. The van der Waals surface area contributed by atoms with E-state index in [-0.39, 0.29) is 37.7 Å². The molecule has 204 valence electrons. The third kappa shape index (κ3) is 6.02. The highest BCUT2D eigenvalue weighted by atomic mass is 16.7. The lowest BCUT2D eigenvalue weighted by atomic mass is 10.1. The number of hydrogen-bond acceptors (Lipinski definition) is 14. The summed E-state index contributed by atoms with van der Waals surface area (Å²) in [5, 5.41) is 55.9. The molecule has 0 spiro atoms. The number of Topliss-reactive ketones (excluding diaryl/α,β-unsaturated/α-hetero) is 1. The van der Waals surface area contributed by atoms with Crippen molar-refractivity contribution in [2.45, 2.75) is 69.0 Å². The second kappa shape index (κ2) is 11.7. The summed E-state index contributed by atoms with van der Waals surface area (Å²) >= 11 is 0. The maximum Gasteiger partial charge on any atom is 0.352 e. The van der Waals surface area contributed by atoms with Crippen LogP contribution in [0.25, 0.3) is 0 Å². The van der Waals surface area contributed by atoms with Crippen LogP contribution in [0.5, 0.6) is 5.88 Å². The smallest absolute Gasteiger partial charge is 0.352 e. The molecule has 2 aromatic rings. The Morgan fingerprint density at radius 3 is 2.54 bits per heavy atom. The Labute approximate surface area is 209 Å². The fraction of sp³-hybridized carbons (Fsp3) is 0.667. The van der Waals surface area contributed by atoms with E-state index < -0.39 is 61.9 Å². The number of carbonyl (C=O) groups is 1. The molecule has 0 aromatic carbocycles. The van der Waals surface area contributed by atoms with Gasteiger partial charge in [0.2, 0.25) is 5.88 Å². The van der Waals surface area contributed by atoms with E-state index in [0.717, 1.165) is 4.57 Å². The third-order valence-corrected chi connectivity index (χ3v) is 6.08. The van der Waals surface area contributed by atoms with Gasteiger partial charge in [-0.3, -0.25) is 9.36 Å². The van der Waals surface area contributed by atoms with Gasteiger partial charge in [-0.2, -0.15) is 4.98 Å². The van der Waals surface area contributed by atoms with Crippen LogP contribution in [0.2, 0.25) is 0 Å². The second-order valence-corrected chi connectivity index (χ2v) is 8.72. The van der Waals surface area contributed by atoms with Gasteiger partial charge in [0.25, 0.3) is 0 Å². The molecule has 0 saturated carbocycles. The molecule has 37 heavy (non-hydrogen) atoms. The fourth-order valence-corrected chi connectivity index (χ4v) is 4.15. The number of carbonyl (C=O) groups excluding carboxylic acids is 1. The molecule has 16 nitrogen and oxygen atoms in total. The molecule has 0 bridgehead atoms. The zero-order chi connectivity index (χ0) is 26.7. The second-order valence-electron chi connectivity index (χ2n) is 8.72. The van der Waals surface area contributed by atoms with Gasteiger partial charge in [-0.1, -0.05) is 5.21 Å². The normalized spacial score (nSPS) is 29.6. The first-order chi connectivity index (χ1) is 17.7. The quantitative estimate of drug-likeness (QED) is 0.189. The highest BCUT2D eigenvalue weighted by molar-refractivity contribution is 5.81. The molecule has 2 saturated heterocycles. The fourth-order valence-electron chi connectivity index (χ4n) is 4.15. The topological polar surface area (TPSA) is 221 Å². The van der Waals surface area contributed by atoms with Gasteiger partial charge in [-0.15, -0.1) is 5.10 Å². The maximum absolute atomic E-state index is 12.7. The van der Waals surface area contributed by atoms with Gasteiger partial charge in [0, 0.05) is 24.6 Å². The van der Waals surface area contributed by atoms with Crippen molar-refractivity contribution in [2.24, 2.45) is 0 Å². The third-order valence-electron chi connectivity index (χ3n) is 6.08. The predicted molar refractivity (Wildman–Crippen MR) is 118 cm³/mol. The molecule has 4 heterocycles. The first-order valence-corrected chi connectivity index (χ1v) is 11.5. The molecular weight excluding hydrogens is 498 g/mol. The van der Waals surface area contributed by atoms with Crippen molar-refractivity contribution >= 4 is 5.78 Å². The van der Waals surface area contributed by atoms with Crippen LogP contribution >= 0.6 is 0 Å². The molecule has 2 aliphatic heterocycles. The van der Waals surface area contributed by atoms with E-state index in [1.807, 2.05) is 0 Å². The van der Waals surface area contributed by atoms with Gasteiger partial charge in [0.1, 0.15) is 42.9 Å². The summed E-state index contributed by atoms with van der Waals surface area (Å²) in [7, 11) is 1.31. The number of methoxy groups -OCH3 is 1. The van der Waals surface area contributed by atoms with Crippen molar-refractivity contribution in [1.82, 2.24) is 24.5 Å². The van der Waals surface area contributed by atoms with Crippen molar-refractivity contribution < 1.29 is 49.3 Å². The van der Waals surface area contributed by atoms with E-state index in [4.69, 9.17) is 24.1 Å². The lowest BCUT2D eigenvalue weighted by Crippen LogP contribution is -2.34. The monoisotopic (exact) mass is 527 g/mol. The molecular formula is C21H29N5O11. The van der Waals surface area contributed by atoms with Crippen molar-refractivity contribution in [3.8, 4) is 5.88 Å². The van der Waals surface area contributed by atoms with Gasteiger partial charge in [0.05, 0.1) is 39.2 Å². The Balaban J connectivity index is 1.37. The maximum atomic E-state index is 12.7. The summed E-state index contributed by atoms with van der Waals surface area (Å²) in [6.45, 7) is -1.20. The molecule has 4 rings (SSSR count). The summed E-state index contributed by atoms with van der Waals surface area (Å²) in [6, 6.07) is 0. The Bertz CT molecular complexity index is 1140. The van der Waals surface area contributed by atoms with Crippen LogP contribution in [0.4, 0.5) is 0 Å². The van der Waals surface area contributed by atoms with E-state index in [1.165, 1.54) is 24.2 Å². The van der Waals surface area contributed by atoms with E-state index in [9.17, 15) is 30.0 Å². The number of aliphatic hydroxyl groups is 5. The predicted octanol–water partition coefficient (Wildman–Crippen LogP) is -3.75. The summed E-state index contributed by atoms with van der Waals surface area (Å²) < 4.78 is 23.7. The summed E-state index contributed by atoms with van der Waals surface area (Å²) in [5.41, 5.74) is -0.0571.